The van der Waals surface area contributed by atoms with Crippen molar-refractivity contribution >= 4 is 5.97 Å². The lowest BCUT2D eigenvalue weighted by atomic mass is 10.0. The zero-order valence-electron chi connectivity index (χ0n) is 13.0. The number of carbonyl (C=O) groups is 1. The minimum atomic E-state index is -1.02. The molecule has 0 spiro atoms. The number of benzene rings is 1. The van der Waals surface area contributed by atoms with Gasteiger partial charge in [0.05, 0.1) is 12.1 Å². The third-order valence-corrected chi connectivity index (χ3v) is 3.56. The van der Waals surface area contributed by atoms with E-state index in [9.17, 15) is 9.59 Å². The first kappa shape index (κ1) is 15.9. The molecule has 0 amide bonds. The summed E-state index contributed by atoms with van der Waals surface area (Å²) in [5.74, 6) is -0.582. The minimum absolute atomic E-state index is 0.257. The van der Waals surface area contributed by atoms with E-state index < -0.39 is 5.97 Å². The van der Waals surface area contributed by atoms with Gasteiger partial charge in [-0.15, -0.1) is 0 Å². The lowest BCUT2D eigenvalue weighted by Gasteiger charge is -2.10. The molecule has 0 unspecified atom stereocenters. The second kappa shape index (κ2) is 6.56. The van der Waals surface area contributed by atoms with Crippen LogP contribution in [-0.2, 0) is 17.8 Å². The molecule has 0 aliphatic rings. The van der Waals surface area contributed by atoms with Crippen LogP contribution in [0.1, 0.15) is 37.8 Å². The van der Waals surface area contributed by atoms with Crippen molar-refractivity contribution in [2.75, 3.05) is 0 Å². The fourth-order valence-corrected chi connectivity index (χ4v) is 2.28. The highest BCUT2D eigenvalue weighted by atomic mass is 16.4. The monoisotopic (exact) mass is 300 g/mol. The molecule has 0 aliphatic heterocycles. The Hall–Kier alpha value is -2.43. The average Bonchev–Trinajstić information content (AvgIpc) is 2.49. The topological polar surface area (TPSA) is 72.2 Å². The second-order valence-corrected chi connectivity index (χ2v) is 5.52. The Balaban J connectivity index is 2.50. The van der Waals surface area contributed by atoms with Gasteiger partial charge >= 0.3 is 5.97 Å². The number of aliphatic carboxylic acids is 1. The van der Waals surface area contributed by atoms with Crippen molar-refractivity contribution in [2.24, 2.45) is 0 Å². The number of hydrogen-bond donors (Lipinski definition) is 1. The third-order valence-electron chi connectivity index (χ3n) is 3.56. The third kappa shape index (κ3) is 3.42. The summed E-state index contributed by atoms with van der Waals surface area (Å²) in [6, 6.07) is 9.53. The summed E-state index contributed by atoms with van der Waals surface area (Å²) in [6.45, 7) is 6.46. The zero-order valence-corrected chi connectivity index (χ0v) is 13.0. The van der Waals surface area contributed by atoms with E-state index in [-0.39, 0.29) is 17.5 Å². The summed E-state index contributed by atoms with van der Waals surface area (Å²) >= 11 is 0. The Morgan fingerprint density at radius 3 is 2.41 bits per heavy atom. The molecule has 5 nitrogen and oxygen atoms in total. The maximum absolute atomic E-state index is 12.1. The van der Waals surface area contributed by atoms with E-state index in [4.69, 9.17) is 5.11 Å². The first-order valence-electron chi connectivity index (χ1n) is 7.35. The van der Waals surface area contributed by atoms with E-state index in [2.05, 4.69) is 18.9 Å². The van der Waals surface area contributed by atoms with E-state index in [1.165, 1.54) is 10.2 Å². The standard InChI is InChI=1S/C17H20N2O3/c1-4-19-17(22)14(10-16(20)21)9-15(18-19)13-7-5-12(6-8-13)11(2)3/h5-9,11H,4,10H2,1-3H3,(H,20,21). The van der Waals surface area contributed by atoms with Crippen LogP contribution in [0, 0.1) is 0 Å². The van der Waals surface area contributed by atoms with E-state index in [1.807, 2.05) is 31.2 Å². The number of carboxylic acids is 1. The number of aryl methyl sites for hydroxylation is 1. The first-order valence-corrected chi connectivity index (χ1v) is 7.35. The van der Waals surface area contributed by atoms with Gasteiger partial charge in [-0.25, -0.2) is 4.68 Å². The predicted molar refractivity (Wildman–Crippen MR) is 85.0 cm³/mol. The van der Waals surface area contributed by atoms with Crippen LogP contribution in [-0.4, -0.2) is 20.9 Å². The molecule has 0 aliphatic carbocycles. The van der Waals surface area contributed by atoms with Crippen molar-refractivity contribution in [3.8, 4) is 11.3 Å². The Morgan fingerprint density at radius 2 is 1.91 bits per heavy atom. The Kier molecular flexibility index (Phi) is 4.75. The minimum Gasteiger partial charge on any atom is -0.481 e. The normalized spacial score (nSPS) is 10.9. The van der Waals surface area contributed by atoms with E-state index in [1.54, 1.807) is 6.07 Å². The molecule has 22 heavy (non-hydrogen) atoms. The fraction of sp³-hybridized carbons (Fsp3) is 0.353. The van der Waals surface area contributed by atoms with Crippen molar-refractivity contribution in [1.29, 1.82) is 0 Å². The van der Waals surface area contributed by atoms with E-state index in [0.29, 0.717) is 18.2 Å². The molecular weight excluding hydrogens is 280 g/mol. The number of nitrogens with zero attached hydrogens (tertiary/aromatic N) is 2. The summed E-state index contributed by atoms with van der Waals surface area (Å²) in [5.41, 5.74) is 2.63. The average molecular weight is 300 g/mol. The van der Waals surface area contributed by atoms with Gasteiger partial charge in [0.1, 0.15) is 0 Å². The molecule has 0 saturated heterocycles. The van der Waals surface area contributed by atoms with Gasteiger partial charge in [-0.3, -0.25) is 9.59 Å². The van der Waals surface area contributed by atoms with Crippen molar-refractivity contribution < 1.29 is 9.90 Å². The molecule has 0 bridgehead atoms. The molecule has 0 fully saturated rings. The predicted octanol–water partition coefficient (Wildman–Crippen LogP) is 2.68. The molecular formula is C17H20N2O3. The largest absolute Gasteiger partial charge is 0.481 e. The Labute approximate surface area is 129 Å². The van der Waals surface area contributed by atoms with Crippen LogP contribution in [0.5, 0.6) is 0 Å². The Morgan fingerprint density at radius 1 is 1.27 bits per heavy atom. The number of rotatable bonds is 5. The highest BCUT2D eigenvalue weighted by molar-refractivity contribution is 5.71. The summed E-state index contributed by atoms with van der Waals surface area (Å²) in [6.07, 6.45) is -0.293. The lowest BCUT2D eigenvalue weighted by Crippen LogP contribution is -2.27. The van der Waals surface area contributed by atoms with Crippen molar-refractivity contribution in [1.82, 2.24) is 9.78 Å². The molecule has 5 heteroatoms. The van der Waals surface area contributed by atoms with Crippen LogP contribution < -0.4 is 5.56 Å². The van der Waals surface area contributed by atoms with Crippen LogP contribution >= 0.6 is 0 Å². The molecule has 1 heterocycles. The maximum Gasteiger partial charge on any atom is 0.308 e. The van der Waals surface area contributed by atoms with Gasteiger partial charge in [0.2, 0.25) is 0 Å². The molecule has 1 aromatic carbocycles. The molecule has 0 radical (unpaired) electrons. The van der Waals surface area contributed by atoms with Crippen LogP contribution in [0.4, 0.5) is 0 Å². The van der Waals surface area contributed by atoms with Crippen LogP contribution in [0.2, 0.25) is 0 Å². The Bertz CT molecular complexity index is 731. The number of carboxylic acid groups (broad SMARTS) is 1. The van der Waals surface area contributed by atoms with Crippen molar-refractivity contribution in [3.05, 3.63) is 51.8 Å². The highest BCUT2D eigenvalue weighted by Gasteiger charge is 2.12. The van der Waals surface area contributed by atoms with Crippen LogP contribution in [0.3, 0.4) is 0 Å². The summed E-state index contributed by atoms with van der Waals surface area (Å²) in [5, 5.41) is 13.3. The quantitative estimate of drug-likeness (QED) is 0.921. The van der Waals surface area contributed by atoms with Gasteiger partial charge in [-0.1, -0.05) is 38.1 Å². The summed E-state index contributed by atoms with van der Waals surface area (Å²) < 4.78 is 1.31. The number of hydrogen-bond acceptors (Lipinski definition) is 3. The fourth-order valence-electron chi connectivity index (χ4n) is 2.28. The van der Waals surface area contributed by atoms with Gasteiger partial charge in [0.15, 0.2) is 0 Å². The molecule has 1 N–H and O–H groups in total. The zero-order chi connectivity index (χ0) is 16.3. The van der Waals surface area contributed by atoms with Crippen LogP contribution in [0.15, 0.2) is 35.1 Å². The first-order chi connectivity index (χ1) is 10.4. The van der Waals surface area contributed by atoms with Gasteiger partial charge in [-0.2, -0.15) is 5.10 Å². The SMILES string of the molecule is CCn1nc(-c2ccc(C(C)C)cc2)cc(CC(=O)O)c1=O. The lowest BCUT2D eigenvalue weighted by molar-refractivity contribution is -0.136. The van der Waals surface area contributed by atoms with Gasteiger partial charge in [-0.05, 0) is 24.5 Å². The molecule has 2 rings (SSSR count). The molecule has 0 saturated carbocycles. The van der Waals surface area contributed by atoms with Crippen LogP contribution in [0.25, 0.3) is 11.3 Å². The molecule has 1 aromatic heterocycles. The van der Waals surface area contributed by atoms with Gasteiger partial charge in [0.25, 0.3) is 5.56 Å². The van der Waals surface area contributed by atoms with Gasteiger partial charge < -0.3 is 5.11 Å². The molecule has 0 atom stereocenters. The maximum atomic E-state index is 12.1. The smallest absolute Gasteiger partial charge is 0.308 e. The molecule has 2 aromatic rings. The summed E-state index contributed by atoms with van der Waals surface area (Å²) in [7, 11) is 0. The molecule has 116 valence electrons. The second-order valence-electron chi connectivity index (χ2n) is 5.52. The van der Waals surface area contributed by atoms with Gasteiger partial charge in [0, 0.05) is 17.7 Å². The van der Waals surface area contributed by atoms with E-state index >= 15 is 0 Å². The number of aromatic nitrogens is 2. The van der Waals surface area contributed by atoms with Crippen molar-refractivity contribution in [2.45, 2.75) is 39.7 Å². The highest BCUT2D eigenvalue weighted by Crippen LogP contribution is 2.21. The van der Waals surface area contributed by atoms with E-state index in [0.717, 1.165) is 5.56 Å². The van der Waals surface area contributed by atoms with Crippen molar-refractivity contribution in [3.63, 3.8) is 0 Å². The summed E-state index contributed by atoms with van der Waals surface area (Å²) in [4.78, 5) is 23.0.